The number of H-pyrrole nitrogens is 1. The fourth-order valence-electron chi connectivity index (χ4n) is 3.70. The number of benzene rings is 1. The van der Waals surface area contributed by atoms with Crippen LogP contribution in [0.5, 0.6) is 0 Å². The maximum absolute atomic E-state index is 13.1. The standard InChI is InChI=1S/C20H23ClF3N3O2/c1-19(2,29)11-12-5-7-27(8-6-12)18(28)17-10-16(25-26-17)13-3-4-15(21)14(9-13)20(22,23)24/h3-4,9-10,12,29H,5-8,11H2,1-2H3,(H,25,26). The minimum absolute atomic E-state index is 0.223. The Morgan fingerprint density at radius 1 is 1.28 bits per heavy atom. The quantitative estimate of drug-likeness (QED) is 0.736. The molecule has 158 valence electrons. The van der Waals surface area contributed by atoms with Gasteiger partial charge in [0.05, 0.1) is 21.9 Å². The minimum Gasteiger partial charge on any atom is -0.390 e. The number of hydrogen-bond acceptors (Lipinski definition) is 3. The van der Waals surface area contributed by atoms with Crippen LogP contribution in [0.2, 0.25) is 5.02 Å². The normalized spacial score (nSPS) is 16.3. The number of aromatic nitrogens is 2. The third kappa shape index (κ3) is 5.30. The molecule has 29 heavy (non-hydrogen) atoms. The lowest BCUT2D eigenvalue weighted by Gasteiger charge is -2.34. The zero-order chi connectivity index (χ0) is 21.4. The number of aliphatic hydroxyl groups is 1. The van der Waals surface area contributed by atoms with Gasteiger partial charge in [0.15, 0.2) is 0 Å². The third-order valence-corrected chi connectivity index (χ3v) is 5.40. The summed E-state index contributed by atoms with van der Waals surface area (Å²) in [6, 6.07) is 4.98. The van der Waals surface area contributed by atoms with Crippen molar-refractivity contribution >= 4 is 17.5 Å². The van der Waals surface area contributed by atoms with Gasteiger partial charge in [0.2, 0.25) is 0 Å². The van der Waals surface area contributed by atoms with Gasteiger partial charge in [-0.05, 0) is 57.2 Å². The van der Waals surface area contributed by atoms with Crippen molar-refractivity contribution in [3.05, 3.63) is 40.5 Å². The Morgan fingerprint density at radius 3 is 2.52 bits per heavy atom. The first kappa shape index (κ1) is 21.6. The number of hydrogen-bond donors (Lipinski definition) is 2. The van der Waals surface area contributed by atoms with E-state index in [1.54, 1.807) is 18.7 Å². The topological polar surface area (TPSA) is 69.2 Å². The number of carbonyl (C=O) groups is 1. The smallest absolute Gasteiger partial charge is 0.390 e. The summed E-state index contributed by atoms with van der Waals surface area (Å²) in [4.78, 5) is 14.4. The Balaban J connectivity index is 1.70. The van der Waals surface area contributed by atoms with E-state index in [2.05, 4.69) is 10.2 Å². The number of piperidine rings is 1. The van der Waals surface area contributed by atoms with Gasteiger partial charge in [-0.25, -0.2) is 0 Å². The predicted molar refractivity (Wildman–Crippen MR) is 104 cm³/mol. The van der Waals surface area contributed by atoms with E-state index < -0.39 is 17.3 Å². The summed E-state index contributed by atoms with van der Waals surface area (Å²) in [5, 5.41) is 16.2. The fraction of sp³-hybridized carbons (Fsp3) is 0.500. The molecule has 1 aromatic carbocycles. The van der Waals surface area contributed by atoms with Crippen LogP contribution in [0, 0.1) is 5.92 Å². The highest BCUT2D eigenvalue weighted by Gasteiger charge is 2.34. The lowest BCUT2D eigenvalue weighted by Crippen LogP contribution is -2.40. The van der Waals surface area contributed by atoms with Gasteiger partial charge in [0.1, 0.15) is 5.69 Å². The number of aromatic amines is 1. The third-order valence-electron chi connectivity index (χ3n) is 5.07. The molecular weight excluding hydrogens is 407 g/mol. The molecule has 1 aliphatic rings. The van der Waals surface area contributed by atoms with Crippen LogP contribution in [0.15, 0.2) is 24.3 Å². The highest BCUT2D eigenvalue weighted by Crippen LogP contribution is 2.37. The Labute approximate surface area is 171 Å². The molecule has 0 aliphatic carbocycles. The number of rotatable bonds is 4. The van der Waals surface area contributed by atoms with Crippen LogP contribution < -0.4 is 0 Å². The zero-order valence-electron chi connectivity index (χ0n) is 16.2. The number of nitrogens with zero attached hydrogens (tertiary/aromatic N) is 2. The molecule has 2 aromatic rings. The lowest BCUT2D eigenvalue weighted by atomic mass is 9.86. The van der Waals surface area contributed by atoms with Crippen LogP contribution in [-0.2, 0) is 6.18 Å². The van der Waals surface area contributed by atoms with E-state index in [9.17, 15) is 23.1 Å². The average molecular weight is 430 g/mol. The fourth-order valence-corrected chi connectivity index (χ4v) is 3.92. The Bertz CT molecular complexity index is 882. The van der Waals surface area contributed by atoms with Crippen molar-refractivity contribution in [3.8, 4) is 11.3 Å². The maximum atomic E-state index is 13.1. The van der Waals surface area contributed by atoms with Gasteiger partial charge in [-0.1, -0.05) is 17.7 Å². The molecule has 0 unspecified atom stereocenters. The van der Waals surface area contributed by atoms with Crippen molar-refractivity contribution < 1.29 is 23.1 Å². The predicted octanol–water partition coefficient (Wildman–Crippen LogP) is 4.76. The molecule has 1 aromatic heterocycles. The summed E-state index contributed by atoms with van der Waals surface area (Å²) >= 11 is 5.65. The van der Waals surface area contributed by atoms with E-state index in [0.29, 0.717) is 25.4 Å². The van der Waals surface area contributed by atoms with E-state index in [4.69, 9.17) is 11.6 Å². The molecule has 1 amide bonds. The van der Waals surface area contributed by atoms with Crippen molar-refractivity contribution in [1.82, 2.24) is 15.1 Å². The molecule has 1 aliphatic heterocycles. The molecule has 0 atom stereocenters. The van der Waals surface area contributed by atoms with Gasteiger partial charge in [0, 0.05) is 18.7 Å². The van der Waals surface area contributed by atoms with Gasteiger partial charge in [-0.2, -0.15) is 18.3 Å². The first-order valence-corrected chi connectivity index (χ1v) is 9.76. The van der Waals surface area contributed by atoms with Crippen molar-refractivity contribution in [2.45, 2.75) is 44.9 Å². The highest BCUT2D eigenvalue weighted by atomic mass is 35.5. The van der Waals surface area contributed by atoms with Crippen molar-refractivity contribution in [2.24, 2.45) is 5.92 Å². The van der Waals surface area contributed by atoms with Crippen LogP contribution >= 0.6 is 11.6 Å². The summed E-state index contributed by atoms with van der Waals surface area (Å²) in [5.41, 5.74) is -0.984. The first-order valence-electron chi connectivity index (χ1n) is 9.38. The molecule has 9 heteroatoms. The van der Waals surface area contributed by atoms with E-state index >= 15 is 0 Å². The largest absolute Gasteiger partial charge is 0.417 e. The number of carbonyl (C=O) groups excluding carboxylic acids is 1. The first-order chi connectivity index (χ1) is 13.4. The monoisotopic (exact) mass is 429 g/mol. The second-order valence-corrected chi connectivity index (χ2v) is 8.52. The van der Waals surface area contributed by atoms with Crippen LogP contribution in [0.25, 0.3) is 11.3 Å². The molecule has 2 N–H and O–H groups in total. The molecule has 0 saturated carbocycles. The van der Waals surface area contributed by atoms with Gasteiger partial charge in [-0.15, -0.1) is 0 Å². The SMILES string of the molecule is CC(C)(O)CC1CCN(C(=O)c2cc(-c3ccc(Cl)c(C(F)(F)F)c3)n[nH]2)CC1. The maximum Gasteiger partial charge on any atom is 0.417 e. The summed E-state index contributed by atoms with van der Waals surface area (Å²) in [6.07, 6.45) is -2.30. The number of likely N-dealkylation sites (tertiary alicyclic amines) is 1. The molecule has 5 nitrogen and oxygen atoms in total. The summed E-state index contributed by atoms with van der Waals surface area (Å²) in [6.45, 7) is 4.68. The number of nitrogens with one attached hydrogen (secondary N) is 1. The highest BCUT2D eigenvalue weighted by molar-refractivity contribution is 6.31. The molecule has 0 spiro atoms. The van der Waals surface area contributed by atoms with Crippen molar-refractivity contribution in [3.63, 3.8) is 0 Å². The van der Waals surface area contributed by atoms with Gasteiger partial charge in [0.25, 0.3) is 5.91 Å². The number of alkyl halides is 3. The molecule has 2 heterocycles. The van der Waals surface area contributed by atoms with Crippen LogP contribution in [-0.4, -0.2) is 44.8 Å². The number of halogens is 4. The molecule has 1 saturated heterocycles. The van der Waals surface area contributed by atoms with Crippen LogP contribution in [0.3, 0.4) is 0 Å². The van der Waals surface area contributed by atoms with Gasteiger partial charge in [-0.3, -0.25) is 9.89 Å². The van der Waals surface area contributed by atoms with E-state index in [0.717, 1.165) is 18.9 Å². The molecular formula is C20H23ClF3N3O2. The minimum atomic E-state index is -4.57. The van der Waals surface area contributed by atoms with E-state index in [-0.39, 0.29) is 27.9 Å². The van der Waals surface area contributed by atoms with Crippen LogP contribution in [0.4, 0.5) is 13.2 Å². The molecule has 3 rings (SSSR count). The summed E-state index contributed by atoms with van der Waals surface area (Å²) in [5.74, 6) is 0.113. The molecule has 0 radical (unpaired) electrons. The molecule has 1 fully saturated rings. The summed E-state index contributed by atoms with van der Waals surface area (Å²) in [7, 11) is 0. The Hall–Kier alpha value is -2.06. The summed E-state index contributed by atoms with van der Waals surface area (Å²) < 4.78 is 39.2. The van der Waals surface area contributed by atoms with Crippen LogP contribution in [0.1, 0.15) is 49.2 Å². The molecule has 0 bridgehead atoms. The lowest BCUT2D eigenvalue weighted by molar-refractivity contribution is -0.137. The Kier molecular flexibility index (Phi) is 5.96. The van der Waals surface area contributed by atoms with Crippen molar-refractivity contribution in [2.75, 3.05) is 13.1 Å². The average Bonchev–Trinajstić information content (AvgIpc) is 3.10. The second-order valence-electron chi connectivity index (χ2n) is 8.11. The van der Waals surface area contributed by atoms with Gasteiger partial charge < -0.3 is 10.0 Å². The van der Waals surface area contributed by atoms with E-state index in [1.807, 2.05) is 0 Å². The second kappa shape index (κ2) is 7.99. The zero-order valence-corrected chi connectivity index (χ0v) is 16.9. The van der Waals surface area contributed by atoms with Gasteiger partial charge >= 0.3 is 6.18 Å². The van der Waals surface area contributed by atoms with Crippen molar-refractivity contribution in [1.29, 1.82) is 0 Å². The van der Waals surface area contributed by atoms with E-state index in [1.165, 1.54) is 18.2 Å². The Morgan fingerprint density at radius 2 is 1.93 bits per heavy atom. The number of amides is 1.